The molecule has 0 aromatic heterocycles. The number of nitrogens with zero attached hydrogens (tertiary/aromatic N) is 1. The van der Waals surface area contributed by atoms with Gasteiger partial charge in [-0.1, -0.05) is 39.3 Å². The Labute approximate surface area is 111 Å². The summed E-state index contributed by atoms with van der Waals surface area (Å²) in [7, 11) is -4.59. The molecule has 0 radical (unpaired) electrons. The van der Waals surface area contributed by atoms with Gasteiger partial charge in [0.25, 0.3) is 0 Å². The molecule has 0 saturated heterocycles. The van der Waals surface area contributed by atoms with Gasteiger partial charge in [-0.2, -0.15) is 0 Å². The van der Waals surface area contributed by atoms with Gasteiger partial charge >= 0.3 is 9.45 Å². The van der Waals surface area contributed by atoms with Crippen LogP contribution < -0.4 is 5.09 Å². The van der Waals surface area contributed by atoms with E-state index in [1.807, 2.05) is 13.8 Å². The number of hydrogen-bond acceptors (Lipinski definition) is 4. The van der Waals surface area contributed by atoms with Crippen LogP contribution in [0.4, 0.5) is 0 Å². The maximum atomic E-state index is 5.85. The summed E-state index contributed by atoms with van der Waals surface area (Å²) in [5.41, 5.74) is 0. The molecule has 0 fully saturated rings. The summed E-state index contributed by atoms with van der Waals surface area (Å²) < 4.78 is 14.1. The maximum Gasteiger partial charge on any atom is 0.417 e. The van der Waals surface area contributed by atoms with E-state index in [-0.39, 0.29) is 0 Å². The molecule has 1 N–H and O–H groups in total. The molecule has 0 unspecified atom stereocenters. The molecule has 4 nitrogen and oxygen atoms in total. The van der Waals surface area contributed by atoms with Crippen LogP contribution in [0.2, 0.25) is 39.3 Å². The van der Waals surface area contributed by atoms with E-state index in [2.05, 4.69) is 48.7 Å². The van der Waals surface area contributed by atoms with Crippen LogP contribution in [-0.2, 0) is 8.85 Å². The number of hydrazine groups is 1. The van der Waals surface area contributed by atoms with Crippen LogP contribution >= 0.6 is 0 Å². The molecule has 0 atom stereocenters. The third-order valence-corrected chi connectivity index (χ3v) is 9.70. The van der Waals surface area contributed by atoms with Crippen molar-refractivity contribution in [1.29, 1.82) is 0 Å². The quantitative estimate of drug-likeness (QED) is 0.550. The first-order chi connectivity index (χ1) is 7.61. The van der Waals surface area contributed by atoms with E-state index in [1.54, 1.807) is 0 Å². The van der Waals surface area contributed by atoms with Crippen molar-refractivity contribution in [2.45, 2.75) is 53.1 Å². The fourth-order valence-corrected chi connectivity index (χ4v) is 9.98. The van der Waals surface area contributed by atoms with Crippen LogP contribution in [0.25, 0.3) is 0 Å². The predicted molar refractivity (Wildman–Crippen MR) is 82.1 cm³/mol. The van der Waals surface area contributed by atoms with Gasteiger partial charge in [-0.25, -0.2) is 0 Å². The zero-order chi connectivity index (χ0) is 13.7. The molecule has 0 aliphatic rings. The summed E-state index contributed by atoms with van der Waals surface area (Å²) in [5, 5.41) is 3.71. The Kier molecular flexibility index (Phi) is 7.38. The summed E-state index contributed by atoms with van der Waals surface area (Å²) in [6.45, 7) is 19.5. The number of nitrogens with one attached hydrogen (secondary N) is 1. The smallest absolute Gasteiger partial charge is 0.385 e. The number of rotatable bonds is 8. The molecule has 17 heavy (non-hydrogen) atoms. The zero-order valence-corrected chi connectivity index (χ0v) is 15.9. The zero-order valence-electron chi connectivity index (χ0n) is 12.8. The molecule has 0 aliphatic carbocycles. The van der Waals surface area contributed by atoms with E-state index >= 15 is 0 Å². The summed E-state index contributed by atoms with van der Waals surface area (Å²) in [6.07, 6.45) is 0. The third-order valence-electron chi connectivity index (χ3n) is 2.01. The highest BCUT2D eigenvalue weighted by molar-refractivity contribution is 6.82. The van der Waals surface area contributed by atoms with E-state index in [9.17, 15) is 0 Å². The predicted octanol–water partition coefficient (Wildman–Crippen LogP) is 2.25. The Balaban J connectivity index is 4.86. The van der Waals surface area contributed by atoms with Crippen LogP contribution in [-0.4, -0.2) is 43.5 Å². The van der Waals surface area contributed by atoms with Crippen molar-refractivity contribution >= 4 is 25.9 Å². The van der Waals surface area contributed by atoms with Gasteiger partial charge in [-0.05, 0) is 13.8 Å². The summed E-state index contributed by atoms with van der Waals surface area (Å²) >= 11 is 0. The fourth-order valence-electron chi connectivity index (χ4n) is 1.38. The monoisotopic (exact) mass is 294 g/mol. The topological polar surface area (TPSA) is 33.7 Å². The van der Waals surface area contributed by atoms with E-state index < -0.39 is 25.9 Å². The first kappa shape index (κ1) is 17.5. The average molecular weight is 295 g/mol. The molecule has 0 spiro atoms. The van der Waals surface area contributed by atoms with Crippen molar-refractivity contribution in [2.75, 3.05) is 13.2 Å². The molecule has 0 aromatic rings. The molecular formula is C10H30N2O2Si3. The van der Waals surface area contributed by atoms with Gasteiger partial charge in [0.05, 0.1) is 0 Å². The van der Waals surface area contributed by atoms with Crippen molar-refractivity contribution in [3.63, 3.8) is 0 Å². The first-order valence-electron chi connectivity index (χ1n) is 6.42. The van der Waals surface area contributed by atoms with Gasteiger partial charge < -0.3 is 8.85 Å². The minimum atomic E-state index is -1.75. The second-order valence-electron chi connectivity index (χ2n) is 6.12. The Morgan fingerprint density at radius 2 is 1.35 bits per heavy atom. The second-order valence-corrected chi connectivity index (χ2v) is 18.0. The van der Waals surface area contributed by atoms with Crippen molar-refractivity contribution in [3.05, 3.63) is 0 Å². The molecule has 0 rings (SSSR count). The molecule has 0 bridgehead atoms. The lowest BCUT2D eigenvalue weighted by Gasteiger charge is -2.42. The first-order valence-corrected chi connectivity index (χ1v) is 14.8. The van der Waals surface area contributed by atoms with E-state index in [1.165, 1.54) is 0 Å². The fraction of sp³-hybridized carbons (Fsp3) is 1.00. The van der Waals surface area contributed by atoms with E-state index in [4.69, 9.17) is 8.85 Å². The van der Waals surface area contributed by atoms with Crippen molar-refractivity contribution in [1.82, 2.24) is 9.43 Å². The lowest BCUT2D eigenvalue weighted by Crippen LogP contribution is -2.68. The Bertz CT molecular complexity index is 211. The van der Waals surface area contributed by atoms with Gasteiger partial charge in [-0.15, -0.1) is 0 Å². The van der Waals surface area contributed by atoms with Crippen molar-refractivity contribution in [2.24, 2.45) is 0 Å². The molecule has 0 aliphatic heterocycles. The largest absolute Gasteiger partial charge is 0.417 e. The van der Waals surface area contributed by atoms with Crippen LogP contribution in [0.3, 0.4) is 0 Å². The average Bonchev–Trinajstić information content (AvgIpc) is 2.11. The minimum Gasteiger partial charge on any atom is -0.385 e. The Hall–Kier alpha value is 0.491. The summed E-state index contributed by atoms with van der Waals surface area (Å²) in [4.78, 5) is 0. The highest BCUT2D eigenvalue weighted by Gasteiger charge is 2.36. The molecular weight excluding hydrogens is 264 g/mol. The van der Waals surface area contributed by atoms with Gasteiger partial charge in [0.1, 0.15) is 16.5 Å². The Morgan fingerprint density at radius 1 is 0.941 bits per heavy atom. The normalized spacial score (nSPS) is 13.8. The molecule has 0 amide bonds. The lowest BCUT2D eigenvalue weighted by molar-refractivity contribution is 0.172. The molecule has 0 aromatic carbocycles. The van der Waals surface area contributed by atoms with Crippen LogP contribution in [0.15, 0.2) is 0 Å². The van der Waals surface area contributed by atoms with Gasteiger partial charge in [0.2, 0.25) is 0 Å². The van der Waals surface area contributed by atoms with Crippen molar-refractivity contribution < 1.29 is 8.85 Å². The van der Waals surface area contributed by atoms with E-state index in [0.717, 1.165) is 13.2 Å². The molecule has 7 heteroatoms. The van der Waals surface area contributed by atoms with Gasteiger partial charge in [-0.3, -0.25) is 9.43 Å². The van der Waals surface area contributed by atoms with Gasteiger partial charge in [0, 0.05) is 13.2 Å². The minimum absolute atomic E-state index is 0.727. The third kappa shape index (κ3) is 7.50. The summed E-state index contributed by atoms with van der Waals surface area (Å²) in [5.74, 6) is 0. The SMILES string of the molecule is CCO[SiH](OCC)N(N[Si](C)(C)C)[Si](C)(C)C. The van der Waals surface area contributed by atoms with Crippen molar-refractivity contribution in [3.8, 4) is 0 Å². The van der Waals surface area contributed by atoms with Gasteiger partial charge in [0.15, 0.2) is 0 Å². The Morgan fingerprint density at radius 3 is 1.59 bits per heavy atom. The molecule has 104 valence electrons. The second kappa shape index (κ2) is 7.17. The highest BCUT2D eigenvalue weighted by Crippen LogP contribution is 2.13. The van der Waals surface area contributed by atoms with Crippen LogP contribution in [0, 0.1) is 0 Å². The lowest BCUT2D eigenvalue weighted by atomic mass is 10.9. The number of hydrogen-bond donors (Lipinski definition) is 1. The maximum absolute atomic E-state index is 5.85. The highest BCUT2D eigenvalue weighted by atomic mass is 28.4. The summed E-state index contributed by atoms with van der Waals surface area (Å²) in [6, 6.07) is 0. The molecule has 0 saturated carbocycles. The standard InChI is InChI=1S/C10H30N2O2Si3/c1-9-13-15(14-10-2)12(17(6,7)8)11-16(3,4)5/h11,15H,9-10H2,1-8H3. The van der Waals surface area contributed by atoms with Crippen LogP contribution in [0.5, 0.6) is 0 Å². The molecule has 0 heterocycles. The van der Waals surface area contributed by atoms with E-state index in [0.29, 0.717) is 0 Å². The van der Waals surface area contributed by atoms with Crippen LogP contribution in [0.1, 0.15) is 13.8 Å².